The molecule has 0 aliphatic carbocycles. The summed E-state index contributed by atoms with van der Waals surface area (Å²) in [6.07, 6.45) is -1.06. The number of hydrogen-bond acceptors (Lipinski definition) is 3. The van der Waals surface area contributed by atoms with E-state index in [1.165, 1.54) is 0 Å². The van der Waals surface area contributed by atoms with Crippen molar-refractivity contribution in [3.05, 3.63) is 36.4 Å². The SMILES string of the molecule is O=C(O)NCC1=Nc2cccc3cccc(c23)N1. The highest BCUT2D eigenvalue weighted by Gasteiger charge is 2.13. The number of aliphatic imine (C=N–C) groups is 1. The fourth-order valence-electron chi connectivity index (χ4n) is 2.09. The van der Waals surface area contributed by atoms with Crippen LogP contribution in [0.2, 0.25) is 0 Å². The Hall–Kier alpha value is -2.56. The van der Waals surface area contributed by atoms with Crippen molar-refractivity contribution in [1.29, 1.82) is 0 Å². The molecule has 5 nitrogen and oxygen atoms in total. The summed E-state index contributed by atoms with van der Waals surface area (Å²) in [5, 5.41) is 16.2. The van der Waals surface area contributed by atoms with Crippen molar-refractivity contribution >= 4 is 34.1 Å². The van der Waals surface area contributed by atoms with Gasteiger partial charge in [-0.05, 0) is 17.5 Å². The van der Waals surface area contributed by atoms with Crippen LogP contribution in [0.4, 0.5) is 16.2 Å². The summed E-state index contributed by atoms with van der Waals surface area (Å²) in [7, 11) is 0. The molecule has 0 bridgehead atoms. The lowest BCUT2D eigenvalue weighted by molar-refractivity contribution is 0.196. The summed E-state index contributed by atoms with van der Waals surface area (Å²) in [6, 6.07) is 11.8. The van der Waals surface area contributed by atoms with Crippen LogP contribution in [0.5, 0.6) is 0 Å². The molecule has 2 aromatic carbocycles. The van der Waals surface area contributed by atoms with E-state index in [0.29, 0.717) is 5.84 Å². The first kappa shape index (κ1) is 10.6. The number of carbonyl (C=O) groups is 1. The van der Waals surface area contributed by atoms with Crippen LogP contribution in [0, 0.1) is 0 Å². The molecule has 0 saturated carbocycles. The number of hydrogen-bond donors (Lipinski definition) is 3. The molecule has 1 aliphatic rings. The van der Waals surface area contributed by atoms with Crippen LogP contribution in [0.25, 0.3) is 10.8 Å². The third-order valence-electron chi connectivity index (χ3n) is 2.82. The second-order valence-corrected chi connectivity index (χ2v) is 4.02. The first-order valence-electron chi connectivity index (χ1n) is 5.57. The average molecular weight is 241 g/mol. The molecular weight excluding hydrogens is 230 g/mol. The molecule has 1 amide bonds. The highest BCUT2D eigenvalue weighted by Crippen LogP contribution is 2.35. The second kappa shape index (κ2) is 4.03. The highest BCUT2D eigenvalue weighted by atomic mass is 16.4. The van der Waals surface area contributed by atoms with Crippen LogP contribution in [0.3, 0.4) is 0 Å². The van der Waals surface area contributed by atoms with Gasteiger partial charge in [0.2, 0.25) is 0 Å². The fourth-order valence-corrected chi connectivity index (χ4v) is 2.09. The Morgan fingerprint density at radius 3 is 2.83 bits per heavy atom. The van der Waals surface area contributed by atoms with E-state index in [2.05, 4.69) is 15.6 Å². The third kappa shape index (κ3) is 1.75. The maximum atomic E-state index is 10.5. The maximum Gasteiger partial charge on any atom is 0.405 e. The van der Waals surface area contributed by atoms with E-state index in [1.807, 2.05) is 36.4 Å². The minimum Gasteiger partial charge on any atom is -0.465 e. The van der Waals surface area contributed by atoms with Gasteiger partial charge in [0.05, 0.1) is 12.2 Å². The molecule has 0 aromatic heterocycles. The zero-order valence-corrected chi connectivity index (χ0v) is 9.47. The predicted molar refractivity (Wildman–Crippen MR) is 70.7 cm³/mol. The lowest BCUT2D eigenvalue weighted by atomic mass is 10.1. The molecule has 3 rings (SSSR count). The van der Waals surface area contributed by atoms with Gasteiger partial charge in [-0.15, -0.1) is 0 Å². The van der Waals surface area contributed by atoms with E-state index in [0.717, 1.165) is 22.1 Å². The van der Waals surface area contributed by atoms with Crippen molar-refractivity contribution in [2.75, 3.05) is 11.9 Å². The molecule has 1 aliphatic heterocycles. The van der Waals surface area contributed by atoms with Crippen LogP contribution >= 0.6 is 0 Å². The van der Waals surface area contributed by atoms with Gasteiger partial charge in [0.15, 0.2) is 0 Å². The summed E-state index contributed by atoms with van der Waals surface area (Å²) in [4.78, 5) is 14.9. The van der Waals surface area contributed by atoms with Crippen LogP contribution in [0.1, 0.15) is 0 Å². The first-order chi connectivity index (χ1) is 8.74. The lowest BCUT2D eigenvalue weighted by Crippen LogP contribution is -2.32. The Kier molecular flexibility index (Phi) is 2.37. The van der Waals surface area contributed by atoms with Crippen LogP contribution in [0.15, 0.2) is 41.4 Å². The normalized spacial score (nSPS) is 12.8. The van der Waals surface area contributed by atoms with Crippen molar-refractivity contribution in [2.45, 2.75) is 0 Å². The average Bonchev–Trinajstić information content (AvgIpc) is 2.37. The summed E-state index contributed by atoms with van der Waals surface area (Å²) < 4.78 is 0. The summed E-state index contributed by atoms with van der Waals surface area (Å²) in [5.41, 5.74) is 1.82. The van der Waals surface area contributed by atoms with Crippen molar-refractivity contribution in [1.82, 2.24) is 5.32 Å². The number of nitrogens with one attached hydrogen (secondary N) is 2. The van der Waals surface area contributed by atoms with Crippen LogP contribution in [-0.4, -0.2) is 23.6 Å². The van der Waals surface area contributed by atoms with E-state index >= 15 is 0 Å². The number of amides is 1. The number of nitrogens with zero attached hydrogens (tertiary/aromatic N) is 1. The minimum absolute atomic E-state index is 0.167. The summed E-state index contributed by atoms with van der Waals surface area (Å²) >= 11 is 0. The smallest absolute Gasteiger partial charge is 0.405 e. The molecular formula is C13H11N3O2. The first-order valence-corrected chi connectivity index (χ1v) is 5.57. The number of anilines is 1. The van der Waals surface area contributed by atoms with Crippen molar-refractivity contribution in [3.63, 3.8) is 0 Å². The monoisotopic (exact) mass is 241 g/mol. The molecule has 3 N–H and O–H groups in total. The third-order valence-corrected chi connectivity index (χ3v) is 2.82. The Balaban J connectivity index is 2.03. The minimum atomic E-state index is -1.06. The molecule has 90 valence electrons. The van der Waals surface area contributed by atoms with Gasteiger partial charge in [-0.25, -0.2) is 9.79 Å². The highest BCUT2D eigenvalue weighted by molar-refractivity contribution is 6.14. The second-order valence-electron chi connectivity index (χ2n) is 4.02. The van der Waals surface area contributed by atoms with E-state index in [1.54, 1.807) is 0 Å². The molecule has 0 unspecified atom stereocenters. The number of rotatable bonds is 2. The molecule has 0 saturated heterocycles. The van der Waals surface area contributed by atoms with Gasteiger partial charge < -0.3 is 15.7 Å². The van der Waals surface area contributed by atoms with Gasteiger partial charge in [0.25, 0.3) is 0 Å². The van der Waals surface area contributed by atoms with E-state index < -0.39 is 6.09 Å². The van der Waals surface area contributed by atoms with Crippen LogP contribution < -0.4 is 10.6 Å². The fraction of sp³-hybridized carbons (Fsp3) is 0.0769. The largest absolute Gasteiger partial charge is 0.465 e. The molecule has 0 spiro atoms. The zero-order chi connectivity index (χ0) is 12.5. The number of carboxylic acid groups (broad SMARTS) is 1. The van der Waals surface area contributed by atoms with E-state index in [9.17, 15) is 4.79 Å². The standard InChI is InChI=1S/C13H11N3O2/c17-13(18)14-7-11-15-9-5-1-3-8-4-2-6-10(16-11)12(8)9/h1-6,14H,7H2,(H,15,16)(H,17,18). The lowest BCUT2D eigenvalue weighted by Gasteiger charge is -2.18. The number of amidine groups is 1. The van der Waals surface area contributed by atoms with Gasteiger partial charge in [0, 0.05) is 11.1 Å². The van der Waals surface area contributed by atoms with Crippen molar-refractivity contribution in [3.8, 4) is 0 Å². The van der Waals surface area contributed by atoms with Crippen molar-refractivity contribution in [2.24, 2.45) is 4.99 Å². The Morgan fingerprint density at radius 1 is 1.28 bits per heavy atom. The maximum absolute atomic E-state index is 10.5. The van der Waals surface area contributed by atoms with Gasteiger partial charge in [0.1, 0.15) is 5.84 Å². The summed E-state index contributed by atoms with van der Waals surface area (Å²) in [5.74, 6) is 0.601. The Morgan fingerprint density at radius 2 is 2.06 bits per heavy atom. The molecule has 1 heterocycles. The molecule has 0 fully saturated rings. The quantitative estimate of drug-likeness (QED) is 0.756. The van der Waals surface area contributed by atoms with Gasteiger partial charge in [-0.3, -0.25) is 0 Å². The Labute approximate surface area is 103 Å². The molecule has 5 heteroatoms. The van der Waals surface area contributed by atoms with E-state index in [-0.39, 0.29) is 6.54 Å². The molecule has 18 heavy (non-hydrogen) atoms. The zero-order valence-electron chi connectivity index (χ0n) is 9.47. The van der Waals surface area contributed by atoms with E-state index in [4.69, 9.17) is 5.11 Å². The van der Waals surface area contributed by atoms with Gasteiger partial charge in [-0.1, -0.05) is 24.3 Å². The predicted octanol–water partition coefficient (Wildman–Crippen LogP) is 2.56. The molecule has 0 atom stereocenters. The molecule has 0 radical (unpaired) electrons. The van der Waals surface area contributed by atoms with Gasteiger partial charge >= 0.3 is 6.09 Å². The van der Waals surface area contributed by atoms with Gasteiger partial charge in [-0.2, -0.15) is 0 Å². The van der Waals surface area contributed by atoms with Crippen LogP contribution in [-0.2, 0) is 0 Å². The topological polar surface area (TPSA) is 73.7 Å². The molecule has 2 aromatic rings. The van der Waals surface area contributed by atoms with Crippen molar-refractivity contribution < 1.29 is 9.90 Å². The Bertz CT molecular complexity index is 659. The number of benzene rings is 2. The summed E-state index contributed by atoms with van der Waals surface area (Å²) in [6.45, 7) is 0.167.